The molecule has 4 rings (SSSR count). The summed E-state index contributed by atoms with van der Waals surface area (Å²) in [5.41, 5.74) is 5.49. The summed E-state index contributed by atoms with van der Waals surface area (Å²) in [4.78, 5) is 13.8. The number of anilines is 1. The van der Waals surface area contributed by atoms with E-state index in [0.29, 0.717) is 13.1 Å². The van der Waals surface area contributed by atoms with E-state index in [1.54, 1.807) is 7.05 Å². The number of guanidine groups is 1. The summed E-state index contributed by atoms with van der Waals surface area (Å²) >= 11 is 0. The van der Waals surface area contributed by atoms with Gasteiger partial charge >= 0.3 is 0 Å². The van der Waals surface area contributed by atoms with E-state index in [4.69, 9.17) is 0 Å². The molecule has 0 spiro atoms. The Hall–Kier alpha value is -2.66. The first kappa shape index (κ1) is 26.0. The zero-order valence-corrected chi connectivity index (χ0v) is 22.8. The van der Waals surface area contributed by atoms with Crippen molar-refractivity contribution in [3.05, 3.63) is 71.2 Å². The third-order valence-corrected chi connectivity index (χ3v) is 6.00. The third kappa shape index (κ3) is 6.47. The van der Waals surface area contributed by atoms with Crippen LogP contribution in [0.3, 0.4) is 0 Å². The van der Waals surface area contributed by atoms with Crippen LogP contribution in [0.25, 0.3) is 5.69 Å². The molecule has 0 atom stereocenters. The monoisotopic (exact) mass is 574 g/mol. The lowest BCUT2D eigenvalue weighted by Gasteiger charge is -2.33. The molecule has 0 bridgehead atoms. The topological polar surface area (TPSA) is 73.6 Å². The van der Waals surface area contributed by atoms with Gasteiger partial charge in [-0.05, 0) is 50.2 Å². The van der Waals surface area contributed by atoms with Crippen LogP contribution in [-0.2, 0) is 13.1 Å². The van der Waals surface area contributed by atoms with Crippen LogP contribution in [0.15, 0.2) is 53.7 Å². The fraction of sp³-hybridized carbons (Fsp3) is 0.400. The first-order valence-electron chi connectivity index (χ1n) is 11.5. The molecule has 3 aromatic rings. The van der Waals surface area contributed by atoms with Crippen molar-refractivity contribution in [3.8, 4) is 5.69 Å². The van der Waals surface area contributed by atoms with Gasteiger partial charge in [0.2, 0.25) is 0 Å². The molecule has 34 heavy (non-hydrogen) atoms. The number of likely N-dealkylation sites (N-methyl/N-ethyl adjacent to an activating group) is 1. The molecule has 9 heteroatoms. The first-order valence-corrected chi connectivity index (χ1v) is 11.5. The number of aryl methyl sites for hydroxylation is 2. The normalized spacial score (nSPS) is 14.6. The summed E-state index contributed by atoms with van der Waals surface area (Å²) < 4.78 is 2.00. The van der Waals surface area contributed by atoms with Crippen molar-refractivity contribution in [3.63, 3.8) is 0 Å². The number of piperazine rings is 1. The number of benzene rings is 1. The quantitative estimate of drug-likeness (QED) is 0.268. The number of hydrogen-bond acceptors (Lipinski definition) is 5. The second kappa shape index (κ2) is 12.2. The lowest BCUT2D eigenvalue weighted by Crippen LogP contribution is -2.44. The van der Waals surface area contributed by atoms with Gasteiger partial charge in [0.05, 0.1) is 11.4 Å². The largest absolute Gasteiger partial charge is 0.354 e. The highest BCUT2D eigenvalue weighted by molar-refractivity contribution is 14.0. The van der Waals surface area contributed by atoms with Gasteiger partial charge < -0.3 is 20.4 Å². The highest BCUT2D eigenvalue weighted by Gasteiger charge is 2.15. The number of para-hydroxylation sites is 1. The average Bonchev–Trinajstić information content (AvgIpc) is 3.18. The number of hydrogen-bond donors (Lipinski definition) is 2. The lowest BCUT2D eigenvalue weighted by molar-refractivity contribution is 0.312. The number of halogens is 1. The SMILES string of the molecule is CN=C(NCc1ccc(N2CCN(C)CC2)nc1)NCc1ccccc1-n1nc(C)cc1C.I. The van der Waals surface area contributed by atoms with Crippen LogP contribution in [0.4, 0.5) is 5.82 Å². The molecule has 3 heterocycles. The number of aromatic nitrogens is 3. The highest BCUT2D eigenvalue weighted by Crippen LogP contribution is 2.17. The molecule has 8 nitrogen and oxygen atoms in total. The van der Waals surface area contributed by atoms with Gasteiger partial charge in [-0.2, -0.15) is 5.10 Å². The van der Waals surface area contributed by atoms with Gasteiger partial charge in [0.25, 0.3) is 0 Å². The van der Waals surface area contributed by atoms with Crippen LogP contribution >= 0.6 is 24.0 Å². The van der Waals surface area contributed by atoms with Crippen LogP contribution in [0.5, 0.6) is 0 Å². The molecule has 1 saturated heterocycles. The maximum Gasteiger partial charge on any atom is 0.191 e. The third-order valence-electron chi connectivity index (χ3n) is 6.00. The Morgan fingerprint density at radius 2 is 1.74 bits per heavy atom. The van der Waals surface area contributed by atoms with E-state index in [2.05, 4.69) is 85.9 Å². The Morgan fingerprint density at radius 3 is 2.38 bits per heavy atom. The minimum absolute atomic E-state index is 0. The van der Waals surface area contributed by atoms with Gasteiger partial charge in [-0.25, -0.2) is 9.67 Å². The molecule has 182 valence electrons. The van der Waals surface area contributed by atoms with Crippen molar-refractivity contribution >= 4 is 35.8 Å². The smallest absolute Gasteiger partial charge is 0.191 e. The van der Waals surface area contributed by atoms with E-state index >= 15 is 0 Å². The zero-order chi connectivity index (χ0) is 23.2. The highest BCUT2D eigenvalue weighted by atomic mass is 127. The summed E-state index contributed by atoms with van der Waals surface area (Å²) in [6.45, 7) is 9.61. The summed E-state index contributed by atoms with van der Waals surface area (Å²) in [5, 5.41) is 11.5. The Morgan fingerprint density at radius 1 is 1.00 bits per heavy atom. The molecule has 0 amide bonds. The van der Waals surface area contributed by atoms with E-state index in [-0.39, 0.29) is 24.0 Å². The molecule has 1 fully saturated rings. The first-order chi connectivity index (χ1) is 16.0. The summed E-state index contributed by atoms with van der Waals surface area (Å²) in [5.74, 6) is 1.80. The van der Waals surface area contributed by atoms with Crippen LogP contribution < -0.4 is 15.5 Å². The van der Waals surface area contributed by atoms with Crippen molar-refractivity contribution in [1.82, 2.24) is 30.3 Å². The van der Waals surface area contributed by atoms with Gasteiger partial charge in [-0.15, -0.1) is 24.0 Å². The number of pyridine rings is 1. The molecule has 0 radical (unpaired) electrons. The predicted molar refractivity (Wildman–Crippen MR) is 149 cm³/mol. The van der Waals surface area contributed by atoms with E-state index in [1.807, 2.05) is 23.9 Å². The van der Waals surface area contributed by atoms with Crippen molar-refractivity contribution < 1.29 is 0 Å². The predicted octanol–water partition coefficient (Wildman–Crippen LogP) is 3.12. The molecular weight excluding hydrogens is 539 g/mol. The van der Waals surface area contributed by atoms with E-state index in [9.17, 15) is 0 Å². The molecule has 0 aliphatic carbocycles. The Balaban J connectivity index is 0.00000324. The fourth-order valence-electron chi connectivity index (χ4n) is 4.07. The van der Waals surface area contributed by atoms with Gasteiger partial charge in [-0.3, -0.25) is 4.99 Å². The van der Waals surface area contributed by atoms with Gasteiger partial charge in [0, 0.05) is 58.2 Å². The number of rotatable bonds is 6. The van der Waals surface area contributed by atoms with E-state index in [1.165, 1.54) is 0 Å². The summed E-state index contributed by atoms with van der Waals surface area (Å²) in [6.07, 6.45) is 1.95. The maximum atomic E-state index is 4.68. The van der Waals surface area contributed by atoms with Crippen LogP contribution in [-0.4, -0.2) is 65.9 Å². The Bertz CT molecular complexity index is 1080. The molecule has 1 aliphatic heterocycles. The zero-order valence-electron chi connectivity index (χ0n) is 20.5. The molecule has 2 aromatic heterocycles. The molecule has 1 aromatic carbocycles. The molecule has 2 N–H and O–H groups in total. The van der Waals surface area contributed by atoms with Crippen LogP contribution in [0, 0.1) is 13.8 Å². The Kier molecular flexibility index (Phi) is 9.28. The Labute approximate surface area is 219 Å². The van der Waals surface area contributed by atoms with E-state index in [0.717, 1.165) is 66.2 Å². The van der Waals surface area contributed by atoms with Gasteiger partial charge in [0.1, 0.15) is 5.82 Å². The second-order valence-electron chi connectivity index (χ2n) is 8.56. The molecular formula is C25H35IN8. The van der Waals surface area contributed by atoms with Gasteiger partial charge in [0.15, 0.2) is 5.96 Å². The van der Waals surface area contributed by atoms with Crippen molar-refractivity contribution in [1.29, 1.82) is 0 Å². The molecule has 0 saturated carbocycles. The number of nitrogens with one attached hydrogen (secondary N) is 2. The summed E-state index contributed by atoms with van der Waals surface area (Å²) in [6, 6.07) is 14.7. The van der Waals surface area contributed by atoms with Crippen LogP contribution in [0.2, 0.25) is 0 Å². The number of aliphatic imine (C=N–C) groups is 1. The van der Waals surface area contributed by atoms with Crippen molar-refractivity contribution in [2.24, 2.45) is 4.99 Å². The lowest BCUT2D eigenvalue weighted by atomic mass is 10.1. The van der Waals surface area contributed by atoms with E-state index < -0.39 is 0 Å². The molecule has 0 unspecified atom stereocenters. The number of nitrogens with zero attached hydrogens (tertiary/aromatic N) is 6. The van der Waals surface area contributed by atoms with Gasteiger partial charge in [-0.1, -0.05) is 24.3 Å². The van der Waals surface area contributed by atoms with Crippen LogP contribution in [0.1, 0.15) is 22.5 Å². The fourth-order valence-corrected chi connectivity index (χ4v) is 4.07. The minimum Gasteiger partial charge on any atom is -0.354 e. The summed E-state index contributed by atoms with van der Waals surface area (Å²) in [7, 11) is 3.95. The maximum absolute atomic E-state index is 4.68. The molecule has 1 aliphatic rings. The minimum atomic E-state index is 0. The second-order valence-corrected chi connectivity index (χ2v) is 8.56. The van der Waals surface area contributed by atoms with Crippen molar-refractivity contribution in [2.45, 2.75) is 26.9 Å². The average molecular weight is 575 g/mol. The standard InChI is InChI=1S/C25H34N8.HI/c1-19-15-20(2)33(30-19)23-8-6-5-7-22(23)18-29-25(26-3)28-17-21-9-10-24(27-16-21)32-13-11-31(4)12-14-32;/h5-10,15-16H,11-14,17-18H2,1-4H3,(H2,26,28,29);1H. The van der Waals surface area contributed by atoms with Crippen molar-refractivity contribution in [2.75, 3.05) is 45.2 Å².